The molecule has 0 radical (unpaired) electrons. The Hall–Kier alpha value is -4.46. The molecule has 1 aliphatic heterocycles. The van der Waals surface area contributed by atoms with E-state index in [0.717, 1.165) is 67.6 Å². The Labute approximate surface area is 246 Å². The third-order valence-corrected chi connectivity index (χ3v) is 7.63. The Kier molecular flexibility index (Phi) is 9.31. The molecule has 3 aromatic carbocycles. The normalized spacial score (nSPS) is 14.9. The van der Waals surface area contributed by atoms with Crippen molar-refractivity contribution in [2.24, 2.45) is 5.92 Å². The van der Waals surface area contributed by atoms with Crippen LogP contribution in [0.3, 0.4) is 0 Å². The fraction of sp³-hybridized carbons (Fsp3) is 0.324. The minimum Gasteiger partial charge on any atom is -0.418 e. The summed E-state index contributed by atoms with van der Waals surface area (Å²) in [6, 6.07) is 22.9. The van der Waals surface area contributed by atoms with Crippen LogP contribution in [0.1, 0.15) is 71.7 Å². The lowest BCUT2D eigenvalue weighted by molar-refractivity contribution is 0.0992. The van der Waals surface area contributed by atoms with Gasteiger partial charge < -0.3 is 20.0 Å². The van der Waals surface area contributed by atoms with Gasteiger partial charge in [0.05, 0.1) is 0 Å². The summed E-state index contributed by atoms with van der Waals surface area (Å²) in [7, 11) is 0. The molecule has 5 rings (SSSR count). The van der Waals surface area contributed by atoms with Gasteiger partial charge in [-0.05, 0) is 78.6 Å². The van der Waals surface area contributed by atoms with Gasteiger partial charge >= 0.3 is 0 Å². The number of oxazole rings is 1. The van der Waals surface area contributed by atoms with Crippen LogP contribution in [0.25, 0.3) is 11.1 Å². The number of hydrogen-bond acceptors (Lipinski definition) is 5. The number of unbranched alkanes of at least 4 members (excludes halogenated alkanes) is 1. The second-order valence-corrected chi connectivity index (χ2v) is 10.9. The molecule has 1 aliphatic rings. The number of halogens is 1. The van der Waals surface area contributed by atoms with Crippen molar-refractivity contribution in [2.75, 3.05) is 28.6 Å². The quantitative estimate of drug-likeness (QED) is 0.203. The number of amides is 2. The molecule has 0 aliphatic carbocycles. The van der Waals surface area contributed by atoms with E-state index in [1.54, 1.807) is 24.3 Å². The SMILES string of the molecule is CCCCc1ccccc1NC(=O)c1ccc(-c2ccc(NC(=O)c3oc(N4CCCC(C)C4)nc3CF)cc2)cc1. The number of alkyl halides is 1. The highest BCUT2D eigenvalue weighted by atomic mass is 19.1. The highest BCUT2D eigenvalue weighted by molar-refractivity contribution is 6.05. The first-order valence-electron chi connectivity index (χ1n) is 14.7. The average Bonchev–Trinajstić information content (AvgIpc) is 3.46. The molecule has 0 saturated carbocycles. The van der Waals surface area contributed by atoms with Gasteiger partial charge in [0.2, 0.25) is 5.76 Å². The number of benzene rings is 3. The number of aromatic nitrogens is 1. The average molecular weight is 569 g/mol. The Morgan fingerprint density at radius 1 is 0.976 bits per heavy atom. The first-order valence-corrected chi connectivity index (χ1v) is 14.7. The van der Waals surface area contributed by atoms with Gasteiger partial charge in [-0.25, -0.2) is 4.39 Å². The lowest BCUT2D eigenvalue weighted by atomic mass is 10.0. The molecule has 1 aromatic heterocycles. The zero-order valence-electron chi connectivity index (χ0n) is 24.2. The molecule has 218 valence electrons. The van der Waals surface area contributed by atoms with E-state index >= 15 is 0 Å². The van der Waals surface area contributed by atoms with Gasteiger partial charge in [0.1, 0.15) is 12.4 Å². The van der Waals surface area contributed by atoms with Gasteiger partial charge in [-0.1, -0.05) is 62.7 Å². The van der Waals surface area contributed by atoms with Crippen LogP contribution in [-0.2, 0) is 13.1 Å². The summed E-state index contributed by atoms with van der Waals surface area (Å²) in [5.74, 6) is -0.300. The van der Waals surface area contributed by atoms with E-state index in [1.165, 1.54) is 0 Å². The van der Waals surface area contributed by atoms with Gasteiger partial charge in [-0.2, -0.15) is 4.98 Å². The third-order valence-electron chi connectivity index (χ3n) is 7.63. The van der Waals surface area contributed by atoms with Crippen molar-refractivity contribution in [2.45, 2.75) is 52.6 Å². The summed E-state index contributed by atoms with van der Waals surface area (Å²) in [5.41, 5.74) is 4.97. The number of aryl methyl sites for hydroxylation is 1. The van der Waals surface area contributed by atoms with Crippen molar-refractivity contribution >= 4 is 29.2 Å². The van der Waals surface area contributed by atoms with Gasteiger partial charge in [0, 0.05) is 30.0 Å². The fourth-order valence-corrected chi connectivity index (χ4v) is 5.28. The molecule has 2 N–H and O–H groups in total. The van der Waals surface area contributed by atoms with E-state index in [4.69, 9.17) is 4.42 Å². The van der Waals surface area contributed by atoms with Crippen LogP contribution >= 0.6 is 0 Å². The molecule has 7 nitrogen and oxygen atoms in total. The van der Waals surface area contributed by atoms with Crippen molar-refractivity contribution < 1.29 is 18.4 Å². The lowest BCUT2D eigenvalue weighted by Gasteiger charge is -2.29. The van der Waals surface area contributed by atoms with Gasteiger partial charge in [-0.15, -0.1) is 0 Å². The number of rotatable bonds is 10. The van der Waals surface area contributed by atoms with Crippen LogP contribution in [0.15, 0.2) is 77.2 Å². The molecular weight excluding hydrogens is 531 g/mol. The topological polar surface area (TPSA) is 87.5 Å². The van der Waals surface area contributed by atoms with E-state index in [2.05, 4.69) is 35.5 Å². The lowest BCUT2D eigenvalue weighted by Crippen LogP contribution is -2.34. The third kappa shape index (κ3) is 6.87. The number of para-hydroxylation sites is 1. The molecule has 1 fully saturated rings. The monoisotopic (exact) mass is 568 g/mol. The summed E-state index contributed by atoms with van der Waals surface area (Å²) in [6.45, 7) is 4.97. The maximum Gasteiger partial charge on any atom is 0.298 e. The predicted octanol–water partition coefficient (Wildman–Crippen LogP) is 7.89. The summed E-state index contributed by atoms with van der Waals surface area (Å²) in [4.78, 5) is 32.1. The second kappa shape index (κ2) is 13.5. The Morgan fingerprint density at radius 3 is 2.38 bits per heavy atom. The first-order chi connectivity index (χ1) is 20.4. The summed E-state index contributed by atoms with van der Waals surface area (Å²) in [5, 5.41) is 5.84. The van der Waals surface area contributed by atoms with Crippen LogP contribution in [0.2, 0.25) is 0 Å². The molecule has 2 amide bonds. The maximum absolute atomic E-state index is 13.7. The molecular formula is C34H37FN4O3. The molecule has 4 aromatic rings. The van der Waals surface area contributed by atoms with E-state index < -0.39 is 12.6 Å². The number of carbonyl (C=O) groups is 2. The highest BCUT2D eigenvalue weighted by Gasteiger charge is 2.26. The highest BCUT2D eigenvalue weighted by Crippen LogP contribution is 2.27. The van der Waals surface area contributed by atoms with Crippen molar-refractivity contribution in [1.29, 1.82) is 0 Å². The number of piperidine rings is 1. The molecule has 1 saturated heterocycles. The minimum absolute atomic E-state index is 0.00548. The van der Waals surface area contributed by atoms with E-state index in [9.17, 15) is 14.0 Å². The molecule has 1 atom stereocenters. The van der Waals surface area contributed by atoms with Gasteiger partial charge in [0.15, 0.2) is 0 Å². The number of carbonyl (C=O) groups excluding carboxylic acids is 2. The van der Waals surface area contributed by atoms with Crippen molar-refractivity contribution in [3.63, 3.8) is 0 Å². The summed E-state index contributed by atoms with van der Waals surface area (Å²) >= 11 is 0. The predicted molar refractivity (Wildman–Crippen MR) is 165 cm³/mol. The molecule has 0 bridgehead atoms. The largest absolute Gasteiger partial charge is 0.418 e. The minimum atomic E-state index is -0.881. The summed E-state index contributed by atoms with van der Waals surface area (Å²) < 4.78 is 19.4. The maximum atomic E-state index is 13.7. The molecule has 2 heterocycles. The Balaban J connectivity index is 1.22. The number of nitrogens with zero attached hydrogens (tertiary/aromatic N) is 2. The van der Waals surface area contributed by atoms with Crippen molar-refractivity contribution in [3.8, 4) is 11.1 Å². The molecule has 8 heteroatoms. The van der Waals surface area contributed by atoms with Crippen LogP contribution in [-0.4, -0.2) is 29.9 Å². The zero-order valence-corrected chi connectivity index (χ0v) is 24.2. The van der Waals surface area contributed by atoms with E-state index in [0.29, 0.717) is 23.2 Å². The van der Waals surface area contributed by atoms with Crippen LogP contribution < -0.4 is 15.5 Å². The molecule has 42 heavy (non-hydrogen) atoms. The smallest absolute Gasteiger partial charge is 0.298 e. The fourth-order valence-electron chi connectivity index (χ4n) is 5.28. The summed E-state index contributed by atoms with van der Waals surface area (Å²) in [6.07, 6.45) is 5.23. The van der Waals surface area contributed by atoms with E-state index in [1.807, 2.05) is 47.4 Å². The Morgan fingerprint density at radius 2 is 1.69 bits per heavy atom. The van der Waals surface area contributed by atoms with Crippen LogP contribution in [0.5, 0.6) is 0 Å². The van der Waals surface area contributed by atoms with E-state index in [-0.39, 0.29) is 17.4 Å². The van der Waals surface area contributed by atoms with Crippen LogP contribution in [0.4, 0.5) is 21.8 Å². The Bertz CT molecular complexity index is 1510. The second-order valence-electron chi connectivity index (χ2n) is 10.9. The van der Waals surface area contributed by atoms with Gasteiger partial charge in [-0.3, -0.25) is 9.59 Å². The van der Waals surface area contributed by atoms with Gasteiger partial charge in [0.25, 0.3) is 17.8 Å². The number of anilines is 3. The number of nitrogens with one attached hydrogen (secondary N) is 2. The van der Waals surface area contributed by atoms with Crippen LogP contribution in [0, 0.1) is 5.92 Å². The number of hydrogen-bond donors (Lipinski definition) is 2. The molecule has 1 unspecified atom stereocenters. The zero-order chi connectivity index (χ0) is 29.5. The van der Waals surface area contributed by atoms with Crippen molar-refractivity contribution in [1.82, 2.24) is 4.98 Å². The molecule has 0 spiro atoms. The first kappa shape index (κ1) is 29.0. The standard InChI is InChI=1S/C34H37FN4O3/c1-3-4-9-26-10-5-6-11-29(26)37-32(40)27-14-12-24(13-15-27)25-16-18-28(19-17-25)36-33(41)31-30(21-35)38-34(42-31)39-20-7-8-23(2)22-39/h5-6,10-19,23H,3-4,7-9,20-22H2,1-2H3,(H,36,41)(H,37,40). The van der Waals surface area contributed by atoms with Crippen molar-refractivity contribution in [3.05, 3.63) is 95.4 Å².